The van der Waals surface area contributed by atoms with E-state index in [9.17, 15) is 13.9 Å². The van der Waals surface area contributed by atoms with Crippen LogP contribution in [-0.2, 0) is 6.61 Å². The summed E-state index contributed by atoms with van der Waals surface area (Å²) in [6.45, 7) is -0.357. The SMILES string of the molecule is COc1cccc(-c2onc(-c3ccc(F)c(F)c3)c2CO)c1. The highest BCUT2D eigenvalue weighted by molar-refractivity contribution is 5.73. The molecule has 0 fully saturated rings. The van der Waals surface area contributed by atoms with Crippen molar-refractivity contribution in [3.63, 3.8) is 0 Å². The quantitative estimate of drug-likeness (QED) is 0.795. The Bertz CT molecular complexity index is 846. The van der Waals surface area contributed by atoms with E-state index in [1.165, 1.54) is 6.07 Å². The summed E-state index contributed by atoms with van der Waals surface area (Å²) in [5.74, 6) is -0.962. The maximum atomic E-state index is 13.4. The van der Waals surface area contributed by atoms with Gasteiger partial charge in [-0.15, -0.1) is 0 Å². The van der Waals surface area contributed by atoms with Gasteiger partial charge in [0.25, 0.3) is 0 Å². The van der Waals surface area contributed by atoms with Gasteiger partial charge in [0.05, 0.1) is 19.3 Å². The number of aromatic nitrogens is 1. The number of benzene rings is 2. The molecule has 23 heavy (non-hydrogen) atoms. The second-order valence-corrected chi connectivity index (χ2v) is 4.86. The molecule has 6 heteroatoms. The second-order valence-electron chi connectivity index (χ2n) is 4.86. The molecule has 3 rings (SSSR count). The first-order valence-corrected chi connectivity index (χ1v) is 6.83. The molecule has 0 bridgehead atoms. The van der Waals surface area contributed by atoms with Crippen molar-refractivity contribution in [1.82, 2.24) is 5.16 Å². The van der Waals surface area contributed by atoms with Gasteiger partial charge in [-0.25, -0.2) is 8.78 Å². The smallest absolute Gasteiger partial charge is 0.173 e. The first-order chi connectivity index (χ1) is 11.1. The number of halogens is 2. The summed E-state index contributed by atoms with van der Waals surface area (Å²) in [7, 11) is 1.54. The summed E-state index contributed by atoms with van der Waals surface area (Å²) in [6, 6.07) is 10.5. The van der Waals surface area contributed by atoms with Crippen LogP contribution in [0.15, 0.2) is 47.0 Å². The van der Waals surface area contributed by atoms with Crippen molar-refractivity contribution in [1.29, 1.82) is 0 Å². The van der Waals surface area contributed by atoms with Gasteiger partial charge in [0.15, 0.2) is 17.4 Å². The van der Waals surface area contributed by atoms with Crippen LogP contribution in [0.25, 0.3) is 22.6 Å². The number of hydrogen-bond acceptors (Lipinski definition) is 4. The van der Waals surface area contributed by atoms with Gasteiger partial charge in [0, 0.05) is 11.1 Å². The minimum atomic E-state index is -0.989. The molecule has 0 saturated heterocycles. The number of ether oxygens (including phenoxy) is 1. The Balaban J connectivity index is 2.10. The lowest BCUT2D eigenvalue weighted by molar-refractivity contribution is 0.281. The van der Waals surface area contributed by atoms with Crippen LogP contribution < -0.4 is 4.74 Å². The van der Waals surface area contributed by atoms with Gasteiger partial charge < -0.3 is 14.4 Å². The summed E-state index contributed by atoms with van der Waals surface area (Å²) in [4.78, 5) is 0. The first kappa shape index (κ1) is 15.2. The summed E-state index contributed by atoms with van der Waals surface area (Å²) >= 11 is 0. The normalized spacial score (nSPS) is 10.8. The number of hydrogen-bond donors (Lipinski definition) is 1. The third kappa shape index (κ3) is 2.80. The van der Waals surface area contributed by atoms with Crippen molar-refractivity contribution < 1.29 is 23.1 Å². The zero-order valence-electron chi connectivity index (χ0n) is 12.2. The van der Waals surface area contributed by atoms with Gasteiger partial charge in [-0.05, 0) is 30.3 Å². The third-order valence-electron chi connectivity index (χ3n) is 3.47. The Morgan fingerprint density at radius 2 is 1.91 bits per heavy atom. The average Bonchev–Trinajstić information content (AvgIpc) is 3.01. The topological polar surface area (TPSA) is 55.5 Å². The molecule has 0 atom stereocenters. The van der Waals surface area contributed by atoms with Crippen molar-refractivity contribution >= 4 is 0 Å². The van der Waals surface area contributed by atoms with E-state index in [-0.39, 0.29) is 12.3 Å². The Morgan fingerprint density at radius 1 is 1.09 bits per heavy atom. The zero-order valence-corrected chi connectivity index (χ0v) is 12.2. The lowest BCUT2D eigenvalue weighted by Crippen LogP contribution is -1.91. The predicted molar refractivity (Wildman–Crippen MR) is 79.8 cm³/mol. The number of nitrogens with zero attached hydrogens (tertiary/aromatic N) is 1. The molecule has 0 aliphatic carbocycles. The van der Waals surface area contributed by atoms with E-state index in [1.54, 1.807) is 31.4 Å². The predicted octanol–water partition coefficient (Wildman–Crippen LogP) is 3.79. The molecule has 0 aliphatic rings. The molecule has 0 saturated carbocycles. The summed E-state index contributed by atoms with van der Waals surface area (Å²) in [5.41, 5.74) is 1.65. The van der Waals surface area contributed by atoms with E-state index in [1.807, 2.05) is 0 Å². The van der Waals surface area contributed by atoms with Gasteiger partial charge in [-0.2, -0.15) is 0 Å². The van der Waals surface area contributed by atoms with Crippen molar-refractivity contribution in [2.24, 2.45) is 0 Å². The molecule has 118 valence electrons. The van der Waals surface area contributed by atoms with Crippen molar-refractivity contribution in [3.8, 4) is 28.3 Å². The maximum absolute atomic E-state index is 13.4. The molecule has 0 unspecified atom stereocenters. The van der Waals surface area contributed by atoms with Crippen LogP contribution >= 0.6 is 0 Å². The maximum Gasteiger partial charge on any atom is 0.173 e. The van der Waals surface area contributed by atoms with Crippen LogP contribution in [0.4, 0.5) is 8.78 Å². The fraction of sp³-hybridized carbons (Fsp3) is 0.118. The highest BCUT2D eigenvalue weighted by Gasteiger charge is 2.19. The van der Waals surface area contributed by atoms with E-state index in [4.69, 9.17) is 9.26 Å². The fourth-order valence-electron chi connectivity index (χ4n) is 2.32. The van der Waals surface area contributed by atoms with E-state index >= 15 is 0 Å². The lowest BCUT2D eigenvalue weighted by Gasteiger charge is -2.04. The molecule has 1 aromatic heterocycles. The summed E-state index contributed by atoms with van der Waals surface area (Å²) in [6.07, 6.45) is 0. The van der Waals surface area contributed by atoms with Crippen LogP contribution in [0, 0.1) is 11.6 Å². The molecule has 0 amide bonds. The molecular weight excluding hydrogens is 304 g/mol. The molecule has 4 nitrogen and oxygen atoms in total. The third-order valence-corrected chi connectivity index (χ3v) is 3.47. The minimum absolute atomic E-state index is 0.268. The fourth-order valence-corrected chi connectivity index (χ4v) is 2.32. The number of aliphatic hydroxyl groups is 1. The Labute approximate surface area is 130 Å². The lowest BCUT2D eigenvalue weighted by atomic mass is 10.0. The average molecular weight is 317 g/mol. The highest BCUT2D eigenvalue weighted by Crippen LogP contribution is 2.34. The van der Waals surface area contributed by atoms with E-state index in [0.717, 1.165) is 12.1 Å². The minimum Gasteiger partial charge on any atom is -0.497 e. The molecular formula is C17H13F2NO3. The Morgan fingerprint density at radius 3 is 2.61 bits per heavy atom. The van der Waals surface area contributed by atoms with Crippen molar-refractivity contribution in [2.45, 2.75) is 6.61 Å². The molecule has 1 heterocycles. The van der Waals surface area contributed by atoms with Gasteiger partial charge in [0.2, 0.25) is 0 Å². The zero-order chi connectivity index (χ0) is 16.4. The second kappa shape index (κ2) is 6.18. The van der Waals surface area contributed by atoms with Crippen LogP contribution in [0.5, 0.6) is 5.75 Å². The standard InChI is InChI=1S/C17H13F2NO3/c1-22-12-4-2-3-11(7-12)17-13(9-21)16(20-23-17)10-5-6-14(18)15(19)8-10/h2-8,21H,9H2,1H3. The van der Waals surface area contributed by atoms with E-state index < -0.39 is 11.6 Å². The van der Waals surface area contributed by atoms with Crippen LogP contribution in [0.3, 0.4) is 0 Å². The van der Waals surface area contributed by atoms with Crippen LogP contribution in [0.1, 0.15) is 5.56 Å². The highest BCUT2D eigenvalue weighted by atomic mass is 19.2. The monoisotopic (exact) mass is 317 g/mol. The number of rotatable bonds is 4. The Hall–Kier alpha value is -2.73. The van der Waals surface area contributed by atoms with Gasteiger partial charge in [-0.3, -0.25) is 0 Å². The van der Waals surface area contributed by atoms with Crippen LogP contribution in [0.2, 0.25) is 0 Å². The largest absolute Gasteiger partial charge is 0.497 e. The molecule has 0 aliphatic heterocycles. The number of aliphatic hydroxyl groups excluding tert-OH is 1. The van der Waals surface area contributed by atoms with E-state index in [0.29, 0.717) is 28.2 Å². The molecule has 1 N–H and O–H groups in total. The molecule has 3 aromatic rings. The Kier molecular flexibility index (Phi) is 4.08. The molecule has 2 aromatic carbocycles. The van der Waals surface area contributed by atoms with E-state index in [2.05, 4.69) is 5.16 Å². The molecule has 0 spiro atoms. The molecule has 0 radical (unpaired) electrons. The summed E-state index contributed by atoms with van der Waals surface area (Å²) < 4.78 is 37.0. The summed E-state index contributed by atoms with van der Waals surface area (Å²) in [5, 5.41) is 13.6. The first-order valence-electron chi connectivity index (χ1n) is 6.83. The van der Waals surface area contributed by atoms with Gasteiger partial charge >= 0.3 is 0 Å². The van der Waals surface area contributed by atoms with Gasteiger partial charge in [0.1, 0.15) is 11.4 Å². The van der Waals surface area contributed by atoms with Crippen molar-refractivity contribution in [3.05, 3.63) is 59.7 Å². The van der Waals surface area contributed by atoms with Crippen molar-refractivity contribution in [2.75, 3.05) is 7.11 Å². The van der Waals surface area contributed by atoms with Gasteiger partial charge in [-0.1, -0.05) is 17.3 Å². The number of methoxy groups -OCH3 is 1. The van der Waals surface area contributed by atoms with Crippen LogP contribution in [-0.4, -0.2) is 17.4 Å².